The van der Waals surface area contributed by atoms with Crippen LogP contribution in [0.15, 0.2) is 48.6 Å². The molecule has 0 amide bonds. The maximum Gasteiger partial charge on any atom is 0.472 e. The van der Waals surface area contributed by atoms with Crippen LogP contribution >= 0.6 is 7.82 Å². The Morgan fingerprint density at radius 3 is 2.06 bits per heavy atom. The molecule has 0 radical (unpaired) electrons. The van der Waals surface area contributed by atoms with Gasteiger partial charge in [0.15, 0.2) is 6.10 Å². The van der Waals surface area contributed by atoms with E-state index in [9.17, 15) is 59.9 Å². The molecule has 1 unspecified atom stereocenters. The standard InChI is InChI=1S/C47H81O16P/c1-3-5-7-8-9-10-11-12-13-14-15-16-17-18-19-20-22-27-40(51)60-32-35-33-61-64(58,59)63-47-45(56)43(54)37(30-29-34(48)25-21-6-4-2)39(50)31-38(49)36(42(53)44(55)46(47)57)26-23-24-28-41(52)62-35/h9-10,12-13,23-24,29-30,34-39,42-50,53-57H,3-8,11,14-22,25-28,31-33H2,1-2H3,(H,58,59)/b10-9-,13-12-,24-23-,30-29-/t34-,35-,36-,37+,38+,39-,42-,43-,44+,45-,46-,47-/m1/s1. The molecule has 17 heteroatoms. The van der Waals surface area contributed by atoms with Crippen LogP contribution in [0.2, 0.25) is 0 Å². The molecular formula is C47H81O16P. The van der Waals surface area contributed by atoms with Crippen molar-refractivity contribution in [3.63, 3.8) is 0 Å². The van der Waals surface area contributed by atoms with Gasteiger partial charge in [0.25, 0.3) is 0 Å². The van der Waals surface area contributed by atoms with E-state index in [-0.39, 0.29) is 19.3 Å². The van der Waals surface area contributed by atoms with E-state index in [0.717, 1.165) is 70.6 Å². The Balaban J connectivity index is 2.07. The molecule has 0 aromatic rings. The number of hydrogen-bond acceptors (Lipinski definition) is 15. The monoisotopic (exact) mass is 933 g/mol. The molecule has 0 aromatic carbocycles. The van der Waals surface area contributed by atoms with Crippen molar-refractivity contribution < 1.29 is 78.4 Å². The zero-order valence-electron chi connectivity index (χ0n) is 38.1. The first-order valence-electron chi connectivity index (χ1n) is 23.7. The third-order valence-corrected chi connectivity index (χ3v) is 12.7. The zero-order chi connectivity index (χ0) is 47.3. The molecule has 1 fully saturated rings. The van der Waals surface area contributed by atoms with E-state index < -0.39 is 112 Å². The summed E-state index contributed by atoms with van der Waals surface area (Å²) in [6.45, 7) is 2.77. The lowest BCUT2D eigenvalue weighted by atomic mass is 9.83. The van der Waals surface area contributed by atoms with E-state index >= 15 is 0 Å². The van der Waals surface area contributed by atoms with Crippen LogP contribution in [0.3, 0.4) is 0 Å². The Morgan fingerprint density at radius 2 is 1.39 bits per heavy atom. The van der Waals surface area contributed by atoms with Crippen molar-refractivity contribution in [1.29, 1.82) is 0 Å². The molecule has 0 aromatic heterocycles. The summed E-state index contributed by atoms with van der Waals surface area (Å²) < 4.78 is 34.4. The summed E-state index contributed by atoms with van der Waals surface area (Å²) >= 11 is 0. The summed E-state index contributed by atoms with van der Waals surface area (Å²) in [5.74, 6) is -4.25. The maximum atomic E-state index is 13.4. The molecular weight excluding hydrogens is 851 g/mol. The van der Waals surface area contributed by atoms with Crippen molar-refractivity contribution in [2.75, 3.05) is 13.2 Å². The normalized spacial score (nSPS) is 32.5. The van der Waals surface area contributed by atoms with Crippen LogP contribution in [0.1, 0.15) is 149 Å². The Labute approximate surface area is 380 Å². The number of fused-ring (bicyclic) bond motifs is 4. The van der Waals surface area contributed by atoms with Gasteiger partial charge in [-0.1, -0.05) is 127 Å². The number of phosphoric acid groups is 1. The van der Waals surface area contributed by atoms with E-state index in [1.54, 1.807) is 0 Å². The van der Waals surface area contributed by atoms with Gasteiger partial charge < -0.3 is 55.2 Å². The second kappa shape index (κ2) is 33.2. The molecule has 16 nitrogen and oxygen atoms in total. The fourth-order valence-electron chi connectivity index (χ4n) is 7.76. The van der Waals surface area contributed by atoms with Crippen molar-refractivity contribution in [3.8, 4) is 0 Å². The van der Waals surface area contributed by atoms with Crippen molar-refractivity contribution in [1.82, 2.24) is 0 Å². The first-order valence-corrected chi connectivity index (χ1v) is 25.2. The fraction of sp³-hybridized carbons (Fsp3) is 0.787. The van der Waals surface area contributed by atoms with Crippen molar-refractivity contribution in [2.45, 2.75) is 210 Å². The quantitative estimate of drug-likeness (QED) is 0.0249. The van der Waals surface area contributed by atoms with E-state index in [4.69, 9.17) is 18.5 Å². The Morgan fingerprint density at radius 1 is 0.781 bits per heavy atom. The molecule has 1 heterocycles. The van der Waals surface area contributed by atoms with Crippen molar-refractivity contribution in [3.05, 3.63) is 48.6 Å². The Bertz CT molecular complexity index is 1440. The molecule has 1 aliphatic carbocycles. The van der Waals surface area contributed by atoms with Crippen LogP contribution in [0, 0.1) is 11.8 Å². The number of unbranched alkanes of at least 4 members (excludes halogenated alkanes) is 12. The van der Waals surface area contributed by atoms with Crippen LogP contribution in [-0.2, 0) is 32.7 Å². The number of hydrogen-bond donors (Lipinski definition) is 9. The molecule has 9 N–H and O–H groups in total. The number of esters is 2. The van der Waals surface area contributed by atoms with Crippen LogP contribution in [-0.4, -0.2) is 132 Å². The molecule has 370 valence electrons. The summed E-state index contributed by atoms with van der Waals surface area (Å²) in [5.41, 5.74) is 0. The minimum Gasteiger partial charge on any atom is -0.462 e. The number of ether oxygens (including phenoxy) is 2. The largest absolute Gasteiger partial charge is 0.472 e. The smallest absolute Gasteiger partial charge is 0.462 e. The minimum atomic E-state index is -5.43. The predicted molar refractivity (Wildman–Crippen MR) is 241 cm³/mol. The lowest BCUT2D eigenvalue weighted by Crippen LogP contribution is -2.55. The Hall–Kier alpha value is -2.31. The molecule has 64 heavy (non-hydrogen) atoms. The van der Waals surface area contributed by atoms with Gasteiger partial charge in [0.1, 0.15) is 31.0 Å². The van der Waals surface area contributed by atoms with Gasteiger partial charge >= 0.3 is 19.8 Å². The maximum absolute atomic E-state index is 13.4. The van der Waals surface area contributed by atoms with Gasteiger partial charge in [-0.25, -0.2) is 4.57 Å². The highest BCUT2D eigenvalue weighted by Crippen LogP contribution is 2.47. The number of aliphatic hydroxyl groups is 8. The topological polar surface area (TPSA) is 270 Å². The number of carbonyl (C=O) groups is 2. The highest BCUT2D eigenvalue weighted by molar-refractivity contribution is 7.47. The number of cyclic esters (lactones) is 1. The lowest BCUT2D eigenvalue weighted by Gasteiger charge is -2.37. The molecule has 2 rings (SSSR count). The summed E-state index contributed by atoms with van der Waals surface area (Å²) in [6, 6.07) is 0. The van der Waals surface area contributed by atoms with Crippen LogP contribution in [0.5, 0.6) is 0 Å². The van der Waals surface area contributed by atoms with E-state index in [1.807, 2.05) is 6.92 Å². The van der Waals surface area contributed by atoms with Gasteiger partial charge in [0, 0.05) is 24.7 Å². The molecule has 0 spiro atoms. The predicted octanol–water partition coefficient (Wildman–Crippen LogP) is 5.55. The average molecular weight is 933 g/mol. The van der Waals surface area contributed by atoms with Crippen LogP contribution < -0.4 is 0 Å². The minimum absolute atomic E-state index is 0.0907. The summed E-state index contributed by atoms with van der Waals surface area (Å²) in [5, 5.41) is 89.4. The number of allylic oxidation sites excluding steroid dienone is 5. The second-order valence-electron chi connectivity index (χ2n) is 17.2. The molecule has 1 aliphatic heterocycles. The summed E-state index contributed by atoms with van der Waals surface area (Å²) in [6.07, 6.45) is 10.4. The SMILES string of the molecule is CCCCC/C=C\C/C=C\CCCCCCCCCC(=O)OC[C@@H]1COP(=O)(O)O[C@H]2[C@H](O)[C@@H](O)[C@H](O)[C@H](C/C=C\CC(=O)O1)[C@@H](O)C[C@@H](O)[C@H](/C=C\[C@H](O)CCCCC)[C@@H](O)[C@H]2O. The molecule has 1 saturated carbocycles. The molecule has 2 aliphatic rings. The van der Waals surface area contributed by atoms with Gasteiger partial charge in [-0.05, 0) is 51.4 Å². The van der Waals surface area contributed by atoms with Crippen LogP contribution in [0.4, 0.5) is 0 Å². The highest BCUT2D eigenvalue weighted by Gasteiger charge is 2.49. The first-order chi connectivity index (χ1) is 30.6. The van der Waals surface area contributed by atoms with E-state index in [2.05, 4.69) is 31.2 Å². The third-order valence-electron chi connectivity index (χ3n) is 11.7. The van der Waals surface area contributed by atoms with E-state index in [0.29, 0.717) is 19.3 Å². The molecule has 0 saturated heterocycles. The molecule has 13 atom stereocenters. The van der Waals surface area contributed by atoms with Gasteiger partial charge in [-0.3, -0.25) is 18.6 Å². The Kier molecular flexibility index (Phi) is 30.0. The summed E-state index contributed by atoms with van der Waals surface area (Å²) in [7, 11) is -5.43. The fourth-order valence-corrected chi connectivity index (χ4v) is 8.74. The zero-order valence-corrected chi connectivity index (χ0v) is 39.0. The summed E-state index contributed by atoms with van der Waals surface area (Å²) in [4.78, 5) is 36.3. The first kappa shape index (κ1) is 57.8. The van der Waals surface area contributed by atoms with Gasteiger partial charge in [-0.2, -0.15) is 0 Å². The van der Waals surface area contributed by atoms with Gasteiger partial charge in [0.2, 0.25) is 0 Å². The lowest BCUT2D eigenvalue weighted by molar-refractivity contribution is -0.167. The van der Waals surface area contributed by atoms with E-state index in [1.165, 1.54) is 43.6 Å². The number of aliphatic hydroxyl groups excluding tert-OH is 8. The van der Waals surface area contributed by atoms with Crippen molar-refractivity contribution >= 4 is 19.8 Å². The number of phosphoric ester groups is 1. The highest BCUT2D eigenvalue weighted by atomic mass is 31.2. The van der Waals surface area contributed by atoms with Gasteiger partial charge in [-0.15, -0.1) is 0 Å². The van der Waals surface area contributed by atoms with Gasteiger partial charge in [0.05, 0.1) is 43.5 Å². The average Bonchev–Trinajstić information content (AvgIpc) is 3.26. The van der Waals surface area contributed by atoms with Crippen molar-refractivity contribution in [2.24, 2.45) is 11.8 Å². The second-order valence-corrected chi connectivity index (χ2v) is 18.6. The third kappa shape index (κ3) is 23.4. The number of carbonyl (C=O) groups excluding carboxylic acids is 2. The number of rotatable bonds is 24. The molecule has 2 bridgehead atoms. The van der Waals surface area contributed by atoms with Crippen LogP contribution in [0.25, 0.3) is 0 Å².